The predicted octanol–water partition coefficient (Wildman–Crippen LogP) is 4.92. The molecule has 1 N–H and O–H groups in total. The number of nitrogens with one attached hydrogen (secondary N) is 1. The fourth-order valence-corrected chi connectivity index (χ4v) is 4.24. The average Bonchev–Trinajstić information content (AvgIpc) is 2.77. The Morgan fingerprint density at radius 1 is 1.30 bits per heavy atom. The van der Waals surface area contributed by atoms with Crippen LogP contribution in [0.1, 0.15) is 57.1 Å². The zero-order valence-electron chi connectivity index (χ0n) is 12.3. The molecule has 0 amide bonds. The summed E-state index contributed by atoms with van der Waals surface area (Å²) in [4.78, 5) is 4.63. The van der Waals surface area contributed by atoms with E-state index in [-0.39, 0.29) is 0 Å². The third kappa shape index (κ3) is 3.04. The molecule has 1 aliphatic rings. The third-order valence-corrected chi connectivity index (χ3v) is 5.33. The summed E-state index contributed by atoms with van der Waals surface area (Å²) < 4.78 is 1.32. The summed E-state index contributed by atoms with van der Waals surface area (Å²) in [5.41, 5.74) is 2.52. The second-order valence-electron chi connectivity index (χ2n) is 5.86. The summed E-state index contributed by atoms with van der Waals surface area (Å²) in [7, 11) is 0. The van der Waals surface area contributed by atoms with E-state index in [1.807, 2.05) is 0 Å². The smallest absolute Gasteiger partial charge is 0.0809 e. The summed E-state index contributed by atoms with van der Waals surface area (Å²) in [5.74, 6) is 0.775. The van der Waals surface area contributed by atoms with Crippen molar-refractivity contribution in [3.63, 3.8) is 0 Å². The van der Waals surface area contributed by atoms with Gasteiger partial charge in [0.25, 0.3) is 0 Å². The van der Waals surface area contributed by atoms with Crippen LogP contribution in [-0.4, -0.2) is 11.5 Å². The molecule has 0 radical (unpaired) electrons. The zero-order valence-corrected chi connectivity index (χ0v) is 13.1. The minimum Gasteiger partial charge on any atom is -0.310 e. The first-order chi connectivity index (χ1) is 9.88. The van der Waals surface area contributed by atoms with Crippen molar-refractivity contribution in [3.8, 4) is 0 Å². The Kier molecular flexibility index (Phi) is 4.69. The zero-order chi connectivity index (χ0) is 13.8. The van der Waals surface area contributed by atoms with E-state index in [1.54, 1.807) is 11.3 Å². The minimum atomic E-state index is 0.483. The lowest BCUT2D eigenvalue weighted by molar-refractivity contribution is 0.330. The number of pyridine rings is 1. The summed E-state index contributed by atoms with van der Waals surface area (Å²) in [6, 6.07) is 4.94. The highest BCUT2D eigenvalue weighted by Crippen LogP contribution is 2.34. The van der Waals surface area contributed by atoms with Crippen LogP contribution < -0.4 is 5.32 Å². The Hall–Kier alpha value is -0.930. The first kappa shape index (κ1) is 14.0. The van der Waals surface area contributed by atoms with Crippen molar-refractivity contribution < 1.29 is 0 Å². The fraction of sp³-hybridized carbons (Fsp3) is 0.588. The van der Waals surface area contributed by atoms with Crippen LogP contribution in [-0.2, 0) is 0 Å². The molecule has 1 saturated carbocycles. The van der Waals surface area contributed by atoms with E-state index in [1.165, 1.54) is 48.8 Å². The molecule has 3 heteroatoms. The Bertz CT molecular complexity index is 541. The van der Waals surface area contributed by atoms with E-state index in [4.69, 9.17) is 0 Å². The van der Waals surface area contributed by atoms with Gasteiger partial charge >= 0.3 is 0 Å². The minimum absolute atomic E-state index is 0.483. The van der Waals surface area contributed by atoms with Crippen LogP contribution in [0.5, 0.6) is 0 Å². The Morgan fingerprint density at radius 3 is 2.85 bits per heavy atom. The molecule has 2 aromatic heterocycles. The van der Waals surface area contributed by atoms with Gasteiger partial charge in [0.1, 0.15) is 0 Å². The van der Waals surface area contributed by atoms with Crippen molar-refractivity contribution in [1.29, 1.82) is 0 Å². The van der Waals surface area contributed by atoms with E-state index in [2.05, 4.69) is 40.9 Å². The number of rotatable bonds is 4. The number of aromatic nitrogens is 1. The van der Waals surface area contributed by atoms with Crippen molar-refractivity contribution in [1.82, 2.24) is 10.3 Å². The summed E-state index contributed by atoms with van der Waals surface area (Å²) in [5, 5.41) is 5.85. The third-order valence-electron chi connectivity index (χ3n) is 4.48. The maximum Gasteiger partial charge on any atom is 0.0809 e. The van der Waals surface area contributed by atoms with Crippen LogP contribution in [0.25, 0.3) is 10.2 Å². The maximum atomic E-state index is 4.63. The lowest BCUT2D eigenvalue weighted by Gasteiger charge is -2.27. The summed E-state index contributed by atoms with van der Waals surface area (Å²) in [6.45, 7) is 3.24. The molecule has 1 atom stereocenters. The highest BCUT2D eigenvalue weighted by Gasteiger charge is 2.24. The SMILES string of the molecule is CCNC(c1cnc2ccsc2c1)C1CCCCCC1. The van der Waals surface area contributed by atoms with E-state index >= 15 is 0 Å². The van der Waals surface area contributed by atoms with E-state index in [0.29, 0.717) is 6.04 Å². The van der Waals surface area contributed by atoms with Gasteiger partial charge in [-0.25, -0.2) is 0 Å². The second kappa shape index (κ2) is 6.68. The number of thiophene rings is 1. The molecule has 108 valence electrons. The van der Waals surface area contributed by atoms with Gasteiger partial charge in [-0.1, -0.05) is 32.6 Å². The molecule has 1 aliphatic carbocycles. The van der Waals surface area contributed by atoms with Gasteiger partial charge < -0.3 is 5.32 Å². The molecule has 1 unspecified atom stereocenters. The quantitative estimate of drug-likeness (QED) is 0.808. The molecule has 2 heterocycles. The van der Waals surface area contributed by atoms with Gasteiger partial charge in [-0.2, -0.15) is 0 Å². The summed E-state index contributed by atoms with van der Waals surface area (Å²) >= 11 is 1.80. The van der Waals surface area contributed by atoms with Gasteiger partial charge in [-0.15, -0.1) is 11.3 Å². The Morgan fingerprint density at radius 2 is 2.10 bits per heavy atom. The molecular weight excluding hydrogens is 264 g/mol. The standard InChI is InChI=1S/C17H24N2S/c1-2-18-17(13-7-5-3-4-6-8-13)14-11-16-15(19-12-14)9-10-20-16/h9-13,17-18H,2-8H2,1H3. The van der Waals surface area contributed by atoms with Crippen molar-refractivity contribution in [2.75, 3.05) is 6.54 Å². The number of fused-ring (bicyclic) bond motifs is 1. The molecule has 2 aromatic rings. The van der Waals surface area contributed by atoms with E-state index in [9.17, 15) is 0 Å². The molecule has 0 bridgehead atoms. The van der Waals surface area contributed by atoms with Gasteiger partial charge in [0.2, 0.25) is 0 Å². The van der Waals surface area contributed by atoms with Crippen LogP contribution in [0.4, 0.5) is 0 Å². The molecule has 0 saturated heterocycles. The molecule has 0 aliphatic heterocycles. The number of hydrogen-bond acceptors (Lipinski definition) is 3. The predicted molar refractivity (Wildman–Crippen MR) is 87.2 cm³/mol. The first-order valence-corrected chi connectivity index (χ1v) is 8.83. The monoisotopic (exact) mass is 288 g/mol. The Balaban J connectivity index is 1.87. The molecule has 3 rings (SSSR count). The van der Waals surface area contributed by atoms with Gasteiger partial charge in [0.15, 0.2) is 0 Å². The van der Waals surface area contributed by atoms with Gasteiger partial charge in [0.05, 0.1) is 10.2 Å². The molecule has 0 spiro atoms. The topological polar surface area (TPSA) is 24.9 Å². The highest BCUT2D eigenvalue weighted by molar-refractivity contribution is 7.17. The molecule has 20 heavy (non-hydrogen) atoms. The first-order valence-electron chi connectivity index (χ1n) is 7.95. The molecule has 1 fully saturated rings. The maximum absolute atomic E-state index is 4.63. The Labute approximate surface area is 125 Å². The molecule has 0 aromatic carbocycles. The van der Waals surface area contributed by atoms with Crippen molar-refractivity contribution in [2.24, 2.45) is 5.92 Å². The van der Waals surface area contributed by atoms with Crippen LogP contribution in [0.3, 0.4) is 0 Å². The summed E-state index contributed by atoms with van der Waals surface area (Å²) in [6.07, 6.45) is 10.4. The normalized spacial score (nSPS) is 19.1. The fourth-order valence-electron chi connectivity index (χ4n) is 3.45. The molecule has 2 nitrogen and oxygen atoms in total. The molecular formula is C17H24N2S. The van der Waals surface area contributed by atoms with Gasteiger partial charge in [-0.05, 0) is 48.4 Å². The van der Waals surface area contributed by atoms with E-state index in [0.717, 1.165) is 18.0 Å². The van der Waals surface area contributed by atoms with Crippen molar-refractivity contribution >= 4 is 21.6 Å². The second-order valence-corrected chi connectivity index (χ2v) is 6.81. The van der Waals surface area contributed by atoms with Gasteiger partial charge in [-0.3, -0.25) is 4.98 Å². The largest absolute Gasteiger partial charge is 0.310 e. The lowest BCUT2D eigenvalue weighted by Crippen LogP contribution is -2.28. The highest BCUT2D eigenvalue weighted by atomic mass is 32.1. The number of hydrogen-bond donors (Lipinski definition) is 1. The average molecular weight is 288 g/mol. The van der Waals surface area contributed by atoms with Gasteiger partial charge in [0, 0.05) is 12.2 Å². The van der Waals surface area contributed by atoms with E-state index < -0.39 is 0 Å². The van der Waals surface area contributed by atoms with Crippen molar-refractivity contribution in [3.05, 3.63) is 29.3 Å². The van der Waals surface area contributed by atoms with Crippen LogP contribution >= 0.6 is 11.3 Å². The number of nitrogens with zero attached hydrogens (tertiary/aromatic N) is 1. The van der Waals surface area contributed by atoms with Crippen molar-refractivity contribution in [2.45, 2.75) is 51.5 Å². The van der Waals surface area contributed by atoms with Crippen LogP contribution in [0.15, 0.2) is 23.7 Å². The van der Waals surface area contributed by atoms with Crippen LogP contribution in [0, 0.1) is 5.92 Å². The lowest BCUT2D eigenvalue weighted by atomic mass is 9.87. The van der Waals surface area contributed by atoms with Crippen LogP contribution in [0.2, 0.25) is 0 Å².